The van der Waals surface area contributed by atoms with Crippen LogP contribution < -0.4 is 0 Å². The van der Waals surface area contributed by atoms with Gasteiger partial charge in [-0.05, 0) is 57.9 Å². The molecule has 0 atom stereocenters. The second-order valence-corrected chi connectivity index (χ2v) is 5.82. The van der Waals surface area contributed by atoms with Crippen molar-refractivity contribution in [3.05, 3.63) is 94.1 Å². The quantitative estimate of drug-likeness (QED) is 0.448. The Labute approximate surface area is 134 Å². The van der Waals surface area contributed by atoms with Crippen molar-refractivity contribution >= 4 is 33.7 Å². The molecule has 0 N–H and O–H groups in total. The topological polar surface area (TPSA) is 0 Å². The second-order valence-electron chi connectivity index (χ2n) is 4.44. The average Bonchev–Trinajstić information content (AvgIpc) is 2.49. The summed E-state index contributed by atoms with van der Waals surface area (Å²) in [6.07, 6.45) is 4.30. The third kappa shape index (κ3) is 3.70. The molecule has 0 radical (unpaired) electrons. The zero-order valence-electron chi connectivity index (χ0n) is 11.5. The van der Waals surface area contributed by atoms with E-state index in [0.717, 1.165) is 3.58 Å². The fraction of sp³-hybridized carbons (Fsp3) is 0.0526. The van der Waals surface area contributed by atoms with Gasteiger partial charge in [0, 0.05) is 3.58 Å². The smallest absolute Gasteiger partial charge is 0.00643 e. The minimum Gasteiger partial charge on any atom is -0.0856 e. The van der Waals surface area contributed by atoms with Crippen LogP contribution in [-0.2, 0) is 0 Å². The van der Waals surface area contributed by atoms with E-state index in [1.54, 1.807) is 0 Å². The number of allylic oxidation sites excluding steroid dienone is 5. The van der Waals surface area contributed by atoms with Crippen LogP contribution in [0.4, 0.5) is 0 Å². The number of hydrogen-bond donors (Lipinski definition) is 0. The monoisotopic (exact) mass is 372 g/mol. The van der Waals surface area contributed by atoms with Crippen molar-refractivity contribution in [1.82, 2.24) is 0 Å². The molecule has 0 amide bonds. The molecule has 0 spiro atoms. The molecular weight excluding hydrogens is 355 g/mol. The van der Waals surface area contributed by atoms with Gasteiger partial charge in [-0.1, -0.05) is 73.3 Å². The normalized spacial score (nSPS) is 12.3. The van der Waals surface area contributed by atoms with Gasteiger partial charge in [-0.2, -0.15) is 0 Å². The highest BCUT2D eigenvalue weighted by molar-refractivity contribution is 14.1. The van der Waals surface area contributed by atoms with Crippen LogP contribution in [0.15, 0.2) is 83.0 Å². The largest absolute Gasteiger partial charge is 0.0856 e. The lowest BCUT2D eigenvalue weighted by molar-refractivity contribution is 1.56. The highest BCUT2D eigenvalue weighted by Gasteiger charge is 2.09. The molecule has 0 nitrogen and oxygen atoms in total. The summed E-state index contributed by atoms with van der Waals surface area (Å²) in [7, 11) is 0. The molecule has 0 unspecified atom stereocenters. The second kappa shape index (κ2) is 7.25. The summed E-state index contributed by atoms with van der Waals surface area (Å²) in [4.78, 5) is 0. The molecule has 0 saturated carbocycles. The van der Waals surface area contributed by atoms with Crippen LogP contribution in [-0.4, -0.2) is 0 Å². The average molecular weight is 372 g/mol. The lowest BCUT2D eigenvalue weighted by Gasteiger charge is -2.13. The van der Waals surface area contributed by atoms with Crippen molar-refractivity contribution in [2.75, 3.05) is 0 Å². The predicted octanol–water partition coefficient (Wildman–Crippen LogP) is 6.12. The third-order valence-electron chi connectivity index (χ3n) is 3.05. The fourth-order valence-electron chi connectivity index (χ4n) is 2.19. The van der Waals surface area contributed by atoms with Crippen molar-refractivity contribution in [1.29, 1.82) is 0 Å². The Morgan fingerprint density at radius 1 is 0.850 bits per heavy atom. The maximum absolute atomic E-state index is 4.01. The molecule has 100 valence electrons. The summed E-state index contributed by atoms with van der Waals surface area (Å²) in [6, 6.07) is 20.9. The minimum absolute atomic E-state index is 1.02. The van der Waals surface area contributed by atoms with E-state index in [2.05, 4.69) is 96.8 Å². The van der Waals surface area contributed by atoms with Crippen molar-refractivity contribution in [2.24, 2.45) is 0 Å². The van der Waals surface area contributed by atoms with Gasteiger partial charge in [-0.3, -0.25) is 0 Å². The van der Waals surface area contributed by atoms with Crippen LogP contribution in [0.5, 0.6) is 0 Å². The standard InChI is InChI=1S/C19H17I/c1-3-18(16-10-6-4-7-11-16)19(14-15(2)20)17-12-8-5-9-13-17/h3-14H,2H2,1H3/b18-3-,19-14-. The van der Waals surface area contributed by atoms with Gasteiger partial charge in [-0.25, -0.2) is 0 Å². The van der Waals surface area contributed by atoms with E-state index in [-0.39, 0.29) is 0 Å². The first-order chi connectivity index (χ1) is 9.72. The first-order valence-electron chi connectivity index (χ1n) is 6.56. The number of benzene rings is 2. The van der Waals surface area contributed by atoms with Gasteiger partial charge in [-0.15, -0.1) is 0 Å². The Hall–Kier alpha value is -1.61. The van der Waals surface area contributed by atoms with Crippen LogP contribution in [0.25, 0.3) is 11.1 Å². The van der Waals surface area contributed by atoms with Crippen LogP contribution >= 0.6 is 22.6 Å². The van der Waals surface area contributed by atoms with E-state index in [1.165, 1.54) is 22.3 Å². The molecule has 0 heterocycles. The van der Waals surface area contributed by atoms with Gasteiger partial charge in [0.25, 0.3) is 0 Å². The van der Waals surface area contributed by atoms with Crippen molar-refractivity contribution in [3.63, 3.8) is 0 Å². The Morgan fingerprint density at radius 2 is 1.30 bits per heavy atom. The molecule has 0 bridgehead atoms. The summed E-state index contributed by atoms with van der Waals surface area (Å²) in [6.45, 7) is 6.09. The maximum Gasteiger partial charge on any atom is 0.00643 e. The third-order valence-corrected chi connectivity index (χ3v) is 3.36. The molecule has 2 rings (SSSR count). The first-order valence-corrected chi connectivity index (χ1v) is 7.64. The SMILES string of the molecule is C=C(I)/C=C(\C(=C/C)c1ccccc1)c1ccccc1. The predicted molar refractivity (Wildman–Crippen MR) is 97.7 cm³/mol. The first kappa shape index (κ1) is 14.8. The van der Waals surface area contributed by atoms with Crippen LogP contribution in [0.1, 0.15) is 18.1 Å². The summed E-state index contributed by atoms with van der Waals surface area (Å²) >= 11 is 2.26. The lowest BCUT2D eigenvalue weighted by atomic mass is 9.92. The number of rotatable bonds is 4. The zero-order valence-corrected chi connectivity index (χ0v) is 13.7. The minimum atomic E-state index is 1.02. The molecule has 0 aromatic heterocycles. The molecule has 0 aliphatic carbocycles. The van der Waals surface area contributed by atoms with Gasteiger partial charge in [0.15, 0.2) is 0 Å². The van der Waals surface area contributed by atoms with Crippen LogP contribution in [0.2, 0.25) is 0 Å². The molecule has 2 aromatic rings. The number of halogens is 1. The molecule has 0 aliphatic rings. The zero-order chi connectivity index (χ0) is 14.4. The highest BCUT2D eigenvalue weighted by Crippen LogP contribution is 2.32. The van der Waals surface area contributed by atoms with Gasteiger partial charge >= 0.3 is 0 Å². The lowest BCUT2D eigenvalue weighted by Crippen LogP contribution is -1.90. The maximum atomic E-state index is 4.01. The Kier molecular flexibility index (Phi) is 5.36. The van der Waals surface area contributed by atoms with E-state index in [4.69, 9.17) is 0 Å². The van der Waals surface area contributed by atoms with Crippen molar-refractivity contribution < 1.29 is 0 Å². The molecule has 1 heteroatoms. The van der Waals surface area contributed by atoms with E-state index in [1.807, 2.05) is 12.1 Å². The van der Waals surface area contributed by atoms with E-state index in [9.17, 15) is 0 Å². The Morgan fingerprint density at radius 3 is 1.70 bits per heavy atom. The van der Waals surface area contributed by atoms with Crippen LogP contribution in [0, 0.1) is 0 Å². The van der Waals surface area contributed by atoms with Gasteiger partial charge in [0.05, 0.1) is 0 Å². The summed E-state index contributed by atoms with van der Waals surface area (Å²) in [5.41, 5.74) is 4.87. The number of hydrogen-bond acceptors (Lipinski definition) is 0. The Balaban J connectivity index is 2.55. The Bertz CT molecular complexity index is 634. The summed E-state index contributed by atoms with van der Waals surface area (Å²) in [5.74, 6) is 0. The van der Waals surface area contributed by atoms with Gasteiger partial charge in [0.1, 0.15) is 0 Å². The summed E-state index contributed by atoms with van der Waals surface area (Å²) < 4.78 is 1.02. The van der Waals surface area contributed by atoms with Gasteiger partial charge in [0.2, 0.25) is 0 Å². The van der Waals surface area contributed by atoms with Crippen molar-refractivity contribution in [2.45, 2.75) is 6.92 Å². The molecule has 0 aliphatic heterocycles. The molecule has 0 fully saturated rings. The fourth-order valence-corrected chi connectivity index (χ4v) is 2.50. The van der Waals surface area contributed by atoms with E-state index in [0.29, 0.717) is 0 Å². The molecule has 20 heavy (non-hydrogen) atoms. The molecule has 2 aromatic carbocycles. The van der Waals surface area contributed by atoms with Gasteiger partial charge < -0.3 is 0 Å². The highest BCUT2D eigenvalue weighted by atomic mass is 127. The molecule has 0 saturated heterocycles. The summed E-state index contributed by atoms with van der Waals surface area (Å²) in [5, 5.41) is 0. The van der Waals surface area contributed by atoms with E-state index >= 15 is 0 Å². The van der Waals surface area contributed by atoms with Crippen molar-refractivity contribution in [3.8, 4) is 0 Å². The van der Waals surface area contributed by atoms with Crippen LogP contribution in [0.3, 0.4) is 0 Å². The van der Waals surface area contributed by atoms with E-state index < -0.39 is 0 Å². The molecular formula is C19H17I.